The summed E-state index contributed by atoms with van der Waals surface area (Å²) in [6, 6.07) is 11.6. The van der Waals surface area contributed by atoms with Crippen LogP contribution in [0.15, 0.2) is 59.5 Å². The van der Waals surface area contributed by atoms with Crippen LogP contribution in [0.25, 0.3) is 5.69 Å². The van der Waals surface area contributed by atoms with Gasteiger partial charge in [-0.2, -0.15) is 5.10 Å². The lowest BCUT2D eigenvalue weighted by molar-refractivity contribution is 0.188. The van der Waals surface area contributed by atoms with Crippen molar-refractivity contribution >= 4 is 0 Å². The number of hydrogen-bond acceptors (Lipinski definition) is 3. The Labute approximate surface area is 110 Å². The summed E-state index contributed by atoms with van der Waals surface area (Å²) in [5.74, 6) is 0.563. The fourth-order valence-electron chi connectivity index (χ4n) is 2.02. The van der Waals surface area contributed by atoms with Crippen molar-refractivity contribution in [3.05, 3.63) is 71.9 Å². The minimum atomic E-state index is -0.785. The van der Waals surface area contributed by atoms with E-state index in [1.165, 1.54) is 0 Å². The van der Waals surface area contributed by atoms with Crippen molar-refractivity contribution in [2.45, 2.75) is 13.0 Å². The van der Waals surface area contributed by atoms with Crippen LogP contribution in [0.1, 0.15) is 23.0 Å². The molecule has 1 N–H and O–H groups in total. The Bertz CT molecular complexity index is 670. The van der Waals surface area contributed by atoms with Crippen molar-refractivity contribution in [2.24, 2.45) is 0 Å². The number of para-hydroxylation sites is 1. The molecule has 4 heteroatoms. The fourth-order valence-corrected chi connectivity index (χ4v) is 2.02. The largest absolute Gasteiger partial charge is 0.466 e. The average molecular weight is 254 g/mol. The number of aliphatic hydroxyl groups is 1. The zero-order valence-corrected chi connectivity index (χ0v) is 10.5. The van der Waals surface area contributed by atoms with E-state index in [-0.39, 0.29) is 0 Å². The number of aryl methyl sites for hydroxylation is 1. The van der Waals surface area contributed by atoms with Gasteiger partial charge in [-0.25, -0.2) is 4.68 Å². The highest BCUT2D eigenvalue weighted by Crippen LogP contribution is 2.25. The fraction of sp³-hybridized carbons (Fsp3) is 0.133. The molecule has 4 nitrogen and oxygen atoms in total. The molecule has 0 bridgehead atoms. The lowest BCUT2D eigenvalue weighted by atomic mass is 10.1. The number of benzene rings is 1. The third-order valence-electron chi connectivity index (χ3n) is 3.09. The third-order valence-corrected chi connectivity index (χ3v) is 3.09. The van der Waals surface area contributed by atoms with Gasteiger partial charge in [-0.1, -0.05) is 18.2 Å². The molecule has 0 amide bonds. The number of nitrogens with zero attached hydrogens (tertiary/aromatic N) is 2. The number of aromatic nitrogens is 2. The lowest BCUT2D eigenvalue weighted by Gasteiger charge is -2.06. The zero-order chi connectivity index (χ0) is 13.2. The minimum Gasteiger partial charge on any atom is -0.466 e. The molecule has 0 aliphatic carbocycles. The molecule has 19 heavy (non-hydrogen) atoms. The Kier molecular flexibility index (Phi) is 2.93. The van der Waals surface area contributed by atoms with Gasteiger partial charge >= 0.3 is 0 Å². The van der Waals surface area contributed by atoms with Gasteiger partial charge in [-0.05, 0) is 30.7 Å². The monoisotopic (exact) mass is 254 g/mol. The normalized spacial score (nSPS) is 12.5. The molecule has 3 rings (SSSR count). The molecule has 0 aliphatic heterocycles. The summed E-state index contributed by atoms with van der Waals surface area (Å²) in [5, 5.41) is 14.5. The molecule has 0 radical (unpaired) electrons. The smallest absolute Gasteiger partial charge is 0.140 e. The highest BCUT2D eigenvalue weighted by atomic mass is 16.4. The van der Waals surface area contributed by atoms with Crippen LogP contribution in [-0.2, 0) is 0 Å². The maximum atomic E-state index is 10.3. The lowest BCUT2D eigenvalue weighted by Crippen LogP contribution is -1.98. The molecule has 0 saturated heterocycles. The van der Waals surface area contributed by atoms with E-state index in [2.05, 4.69) is 5.10 Å². The second kappa shape index (κ2) is 4.74. The number of rotatable bonds is 3. The molecule has 2 heterocycles. The summed E-state index contributed by atoms with van der Waals surface area (Å²) in [6.45, 7) is 1.91. The van der Waals surface area contributed by atoms with Crippen LogP contribution < -0.4 is 0 Å². The average Bonchev–Trinajstić information content (AvgIpc) is 3.08. The Morgan fingerprint density at radius 1 is 1.21 bits per heavy atom. The topological polar surface area (TPSA) is 51.2 Å². The molecule has 0 aliphatic rings. The van der Waals surface area contributed by atoms with Gasteiger partial charge in [0.1, 0.15) is 11.9 Å². The van der Waals surface area contributed by atoms with E-state index in [1.54, 1.807) is 17.1 Å². The molecule has 1 unspecified atom stereocenters. The molecule has 96 valence electrons. The summed E-state index contributed by atoms with van der Waals surface area (Å²) in [6.07, 6.45) is 4.25. The van der Waals surface area contributed by atoms with E-state index in [9.17, 15) is 5.11 Å². The minimum absolute atomic E-state index is 0.563. The molecule has 0 fully saturated rings. The summed E-state index contributed by atoms with van der Waals surface area (Å²) in [4.78, 5) is 0. The number of furan rings is 1. The van der Waals surface area contributed by atoms with Crippen molar-refractivity contribution in [1.82, 2.24) is 9.78 Å². The second-order valence-electron chi connectivity index (χ2n) is 4.42. The molecule has 0 saturated carbocycles. The molecule has 1 atom stereocenters. The first-order valence-corrected chi connectivity index (χ1v) is 6.08. The highest BCUT2D eigenvalue weighted by Gasteiger charge is 2.18. The predicted octanol–water partition coefficient (Wildman–Crippen LogP) is 2.86. The summed E-state index contributed by atoms with van der Waals surface area (Å²) < 4.78 is 7.04. The van der Waals surface area contributed by atoms with E-state index in [0.29, 0.717) is 11.3 Å². The molecule has 2 aromatic heterocycles. The molecule has 1 aromatic carbocycles. The van der Waals surface area contributed by atoms with Crippen molar-refractivity contribution in [1.29, 1.82) is 0 Å². The van der Waals surface area contributed by atoms with Crippen molar-refractivity contribution in [3.8, 4) is 5.69 Å². The summed E-state index contributed by atoms with van der Waals surface area (Å²) in [7, 11) is 0. The van der Waals surface area contributed by atoms with Gasteiger partial charge in [0.2, 0.25) is 0 Å². The van der Waals surface area contributed by atoms with E-state index in [0.717, 1.165) is 11.3 Å². The van der Waals surface area contributed by atoms with E-state index >= 15 is 0 Å². The van der Waals surface area contributed by atoms with E-state index < -0.39 is 6.10 Å². The summed E-state index contributed by atoms with van der Waals surface area (Å²) in [5.41, 5.74) is 2.60. The Hall–Kier alpha value is -2.33. The maximum Gasteiger partial charge on any atom is 0.140 e. The van der Waals surface area contributed by atoms with Gasteiger partial charge in [0.05, 0.1) is 18.1 Å². The maximum absolute atomic E-state index is 10.3. The first-order chi connectivity index (χ1) is 9.25. The number of hydrogen-bond donors (Lipinski definition) is 1. The van der Waals surface area contributed by atoms with Crippen LogP contribution in [0, 0.1) is 6.92 Å². The highest BCUT2D eigenvalue weighted by molar-refractivity contribution is 5.33. The first-order valence-electron chi connectivity index (χ1n) is 6.08. The Morgan fingerprint density at radius 3 is 2.68 bits per heavy atom. The van der Waals surface area contributed by atoms with Gasteiger partial charge in [-0.15, -0.1) is 0 Å². The molecular formula is C15H14N2O2. The summed E-state index contributed by atoms with van der Waals surface area (Å²) >= 11 is 0. The quantitative estimate of drug-likeness (QED) is 0.782. The molecule has 0 spiro atoms. The van der Waals surface area contributed by atoms with Crippen LogP contribution >= 0.6 is 0 Å². The van der Waals surface area contributed by atoms with Crippen molar-refractivity contribution < 1.29 is 9.52 Å². The Balaban J connectivity index is 1.92. The van der Waals surface area contributed by atoms with E-state index in [4.69, 9.17) is 4.42 Å². The molecule has 3 aromatic rings. The van der Waals surface area contributed by atoms with Crippen molar-refractivity contribution in [2.75, 3.05) is 0 Å². The van der Waals surface area contributed by atoms with E-state index in [1.807, 2.05) is 49.5 Å². The van der Waals surface area contributed by atoms with Gasteiger partial charge in [0.25, 0.3) is 0 Å². The third kappa shape index (κ3) is 2.18. The predicted molar refractivity (Wildman–Crippen MR) is 71.1 cm³/mol. The van der Waals surface area contributed by atoms with Gasteiger partial charge < -0.3 is 9.52 Å². The van der Waals surface area contributed by atoms with Crippen LogP contribution in [-0.4, -0.2) is 14.9 Å². The SMILES string of the molecule is Cc1ccoc1C(O)c1cnn(-c2ccccc2)c1. The number of aliphatic hydroxyl groups excluding tert-OH is 1. The van der Waals surface area contributed by atoms with Gasteiger partial charge in [0.15, 0.2) is 0 Å². The second-order valence-corrected chi connectivity index (χ2v) is 4.42. The first kappa shape index (κ1) is 11.7. The van der Waals surface area contributed by atoms with Crippen LogP contribution in [0.5, 0.6) is 0 Å². The standard InChI is InChI=1S/C15H14N2O2/c1-11-7-8-19-15(11)14(18)12-9-16-17(10-12)13-5-3-2-4-6-13/h2-10,14,18H,1H3. The van der Waals surface area contributed by atoms with Crippen LogP contribution in [0.2, 0.25) is 0 Å². The van der Waals surface area contributed by atoms with Gasteiger partial charge in [-0.3, -0.25) is 0 Å². The zero-order valence-electron chi connectivity index (χ0n) is 10.5. The van der Waals surface area contributed by atoms with Crippen LogP contribution in [0.4, 0.5) is 0 Å². The molecular weight excluding hydrogens is 240 g/mol. The van der Waals surface area contributed by atoms with Crippen LogP contribution in [0.3, 0.4) is 0 Å². The Morgan fingerprint density at radius 2 is 2.00 bits per heavy atom. The van der Waals surface area contributed by atoms with Gasteiger partial charge in [0, 0.05) is 11.8 Å². The van der Waals surface area contributed by atoms with Crippen molar-refractivity contribution in [3.63, 3.8) is 0 Å².